The lowest BCUT2D eigenvalue weighted by Crippen LogP contribution is -2.41. The molecule has 0 radical (unpaired) electrons. The van der Waals surface area contributed by atoms with Gasteiger partial charge in [0.1, 0.15) is 0 Å². The van der Waals surface area contributed by atoms with E-state index in [2.05, 4.69) is 48.3 Å². The Balaban J connectivity index is 1.71. The highest BCUT2D eigenvalue weighted by Crippen LogP contribution is 2.29. The van der Waals surface area contributed by atoms with Crippen LogP contribution in [0.2, 0.25) is 0 Å². The Kier molecular flexibility index (Phi) is 3.29. The van der Waals surface area contributed by atoms with Crippen molar-refractivity contribution in [2.75, 3.05) is 18.4 Å². The molecule has 98 valence electrons. The van der Waals surface area contributed by atoms with Crippen LogP contribution in [-0.2, 0) is 6.42 Å². The molecule has 2 heteroatoms. The lowest BCUT2D eigenvalue weighted by Gasteiger charge is -2.30. The molecule has 2 aliphatic rings. The molecule has 1 fully saturated rings. The number of likely N-dealkylation sites (tertiary alicyclic amines) is 1. The van der Waals surface area contributed by atoms with Crippen molar-refractivity contribution in [3.05, 3.63) is 29.8 Å². The zero-order chi connectivity index (χ0) is 12.5. The van der Waals surface area contributed by atoms with Gasteiger partial charge in [-0.1, -0.05) is 25.1 Å². The van der Waals surface area contributed by atoms with Gasteiger partial charge in [0.2, 0.25) is 0 Å². The van der Waals surface area contributed by atoms with Crippen LogP contribution in [0, 0.1) is 5.92 Å². The minimum Gasteiger partial charge on any atom is -0.383 e. The molecule has 1 aromatic carbocycles. The van der Waals surface area contributed by atoms with Gasteiger partial charge in [-0.15, -0.1) is 0 Å². The van der Waals surface area contributed by atoms with Gasteiger partial charge in [0.15, 0.2) is 0 Å². The van der Waals surface area contributed by atoms with Crippen molar-refractivity contribution in [2.45, 2.75) is 45.2 Å². The number of hydrogen-bond donors (Lipinski definition) is 1. The zero-order valence-corrected chi connectivity index (χ0v) is 11.5. The molecule has 1 N–H and O–H groups in total. The summed E-state index contributed by atoms with van der Waals surface area (Å²) in [5, 5.41) is 3.65. The molecule has 3 unspecified atom stereocenters. The van der Waals surface area contributed by atoms with Gasteiger partial charge in [-0.25, -0.2) is 0 Å². The fourth-order valence-corrected chi connectivity index (χ4v) is 3.69. The molecule has 0 aliphatic carbocycles. The van der Waals surface area contributed by atoms with E-state index in [0.717, 1.165) is 18.5 Å². The minimum absolute atomic E-state index is 0.706. The van der Waals surface area contributed by atoms with E-state index in [0.29, 0.717) is 6.04 Å². The van der Waals surface area contributed by atoms with Crippen molar-refractivity contribution < 1.29 is 0 Å². The van der Waals surface area contributed by atoms with Crippen LogP contribution in [-0.4, -0.2) is 30.1 Å². The highest BCUT2D eigenvalue weighted by Gasteiger charge is 2.32. The van der Waals surface area contributed by atoms with Crippen molar-refractivity contribution in [3.63, 3.8) is 0 Å². The SMILES string of the molecule is CC1CC(C)N(C2CCc3ccccc3NC2)C1. The number of aryl methyl sites for hydroxylation is 1. The van der Waals surface area contributed by atoms with E-state index in [4.69, 9.17) is 0 Å². The lowest BCUT2D eigenvalue weighted by molar-refractivity contribution is 0.187. The Labute approximate surface area is 110 Å². The summed E-state index contributed by atoms with van der Waals surface area (Å²) in [6.45, 7) is 7.16. The number of rotatable bonds is 1. The quantitative estimate of drug-likeness (QED) is 0.816. The number of fused-ring (bicyclic) bond motifs is 1. The summed E-state index contributed by atoms with van der Waals surface area (Å²) in [7, 11) is 0. The molecular weight excluding hydrogens is 220 g/mol. The van der Waals surface area contributed by atoms with Crippen molar-refractivity contribution in [1.29, 1.82) is 0 Å². The number of anilines is 1. The summed E-state index contributed by atoms with van der Waals surface area (Å²) in [5.41, 5.74) is 2.83. The third kappa shape index (κ3) is 2.26. The maximum Gasteiger partial charge on any atom is 0.0373 e. The fourth-order valence-electron chi connectivity index (χ4n) is 3.69. The van der Waals surface area contributed by atoms with Gasteiger partial charge in [0, 0.05) is 30.9 Å². The number of para-hydroxylation sites is 1. The molecule has 2 heterocycles. The minimum atomic E-state index is 0.706. The van der Waals surface area contributed by atoms with E-state index >= 15 is 0 Å². The van der Waals surface area contributed by atoms with Crippen LogP contribution in [0.5, 0.6) is 0 Å². The Morgan fingerprint density at radius 2 is 2.06 bits per heavy atom. The highest BCUT2D eigenvalue weighted by molar-refractivity contribution is 5.52. The summed E-state index contributed by atoms with van der Waals surface area (Å²) in [6, 6.07) is 10.2. The van der Waals surface area contributed by atoms with Crippen LogP contribution in [0.1, 0.15) is 32.3 Å². The number of hydrogen-bond acceptors (Lipinski definition) is 2. The molecule has 1 saturated heterocycles. The Morgan fingerprint density at radius 1 is 1.22 bits per heavy atom. The summed E-state index contributed by atoms with van der Waals surface area (Å²) in [4.78, 5) is 2.73. The monoisotopic (exact) mass is 244 g/mol. The van der Waals surface area contributed by atoms with Gasteiger partial charge in [0.25, 0.3) is 0 Å². The molecule has 0 saturated carbocycles. The molecule has 2 nitrogen and oxygen atoms in total. The molecule has 0 spiro atoms. The van der Waals surface area contributed by atoms with Crippen LogP contribution >= 0.6 is 0 Å². The van der Waals surface area contributed by atoms with E-state index in [-0.39, 0.29) is 0 Å². The van der Waals surface area contributed by atoms with Crippen LogP contribution in [0.25, 0.3) is 0 Å². The Morgan fingerprint density at radius 3 is 2.83 bits per heavy atom. The first-order valence-electron chi connectivity index (χ1n) is 7.31. The second-order valence-corrected chi connectivity index (χ2v) is 6.12. The molecular formula is C16H24N2. The van der Waals surface area contributed by atoms with Gasteiger partial charge in [-0.2, -0.15) is 0 Å². The average Bonchev–Trinajstić information content (AvgIpc) is 2.60. The first-order chi connectivity index (χ1) is 8.74. The summed E-state index contributed by atoms with van der Waals surface area (Å²) < 4.78 is 0. The molecule has 0 aromatic heterocycles. The van der Waals surface area contributed by atoms with Crippen LogP contribution in [0.15, 0.2) is 24.3 Å². The third-order valence-electron chi connectivity index (χ3n) is 4.59. The molecule has 0 amide bonds. The van der Waals surface area contributed by atoms with Crippen LogP contribution in [0.3, 0.4) is 0 Å². The van der Waals surface area contributed by atoms with Crippen LogP contribution < -0.4 is 5.32 Å². The molecule has 0 bridgehead atoms. The normalized spacial score (nSPS) is 32.7. The van der Waals surface area contributed by atoms with Gasteiger partial charge in [0.05, 0.1) is 0 Å². The number of nitrogens with one attached hydrogen (secondary N) is 1. The summed E-state index contributed by atoms with van der Waals surface area (Å²) in [5.74, 6) is 0.866. The second kappa shape index (κ2) is 4.93. The molecule has 3 atom stereocenters. The standard InChI is InChI=1S/C16H24N2/c1-12-9-13(2)18(11-12)15-8-7-14-5-3-4-6-16(14)17-10-15/h3-6,12-13,15,17H,7-11H2,1-2H3. The van der Waals surface area contributed by atoms with Crippen molar-refractivity contribution in [1.82, 2.24) is 4.90 Å². The summed E-state index contributed by atoms with van der Waals surface area (Å²) in [6.07, 6.45) is 3.87. The van der Waals surface area contributed by atoms with E-state index < -0.39 is 0 Å². The van der Waals surface area contributed by atoms with Gasteiger partial charge in [-0.05, 0) is 43.7 Å². The predicted molar refractivity (Wildman–Crippen MR) is 77.0 cm³/mol. The highest BCUT2D eigenvalue weighted by atomic mass is 15.2. The lowest BCUT2D eigenvalue weighted by atomic mass is 10.0. The topological polar surface area (TPSA) is 15.3 Å². The van der Waals surface area contributed by atoms with Crippen molar-refractivity contribution in [2.24, 2.45) is 5.92 Å². The van der Waals surface area contributed by atoms with Gasteiger partial charge < -0.3 is 5.32 Å². The fraction of sp³-hybridized carbons (Fsp3) is 0.625. The molecule has 2 aliphatic heterocycles. The second-order valence-electron chi connectivity index (χ2n) is 6.12. The van der Waals surface area contributed by atoms with Gasteiger partial charge in [-0.3, -0.25) is 4.90 Å². The van der Waals surface area contributed by atoms with E-state index in [9.17, 15) is 0 Å². The van der Waals surface area contributed by atoms with E-state index in [1.54, 1.807) is 0 Å². The maximum atomic E-state index is 3.65. The first kappa shape index (κ1) is 12.0. The molecule has 18 heavy (non-hydrogen) atoms. The van der Waals surface area contributed by atoms with Gasteiger partial charge >= 0.3 is 0 Å². The van der Waals surface area contributed by atoms with E-state index in [1.807, 2.05) is 0 Å². The Hall–Kier alpha value is -1.02. The predicted octanol–water partition coefficient (Wildman–Crippen LogP) is 3.14. The van der Waals surface area contributed by atoms with Crippen molar-refractivity contribution >= 4 is 5.69 Å². The maximum absolute atomic E-state index is 3.65. The molecule has 1 aromatic rings. The Bertz CT molecular complexity index is 388. The van der Waals surface area contributed by atoms with E-state index in [1.165, 1.54) is 37.1 Å². The third-order valence-corrected chi connectivity index (χ3v) is 4.59. The van der Waals surface area contributed by atoms with Crippen LogP contribution in [0.4, 0.5) is 5.69 Å². The van der Waals surface area contributed by atoms with Crippen molar-refractivity contribution in [3.8, 4) is 0 Å². The molecule has 3 rings (SSSR count). The smallest absolute Gasteiger partial charge is 0.0373 e. The first-order valence-corrected chi connectivity index (χ1v) is 7.31. The number of benzene rings is 1. The zero-order valence-electron chi connectivity index (χ0n) is 11.5. The number of nitrogens with zero attached hydrogens (tertiary/aromatic N) is 1. The largest absolute Gasteiger partial charge is 0.383 e. The summed E-state index contributed by atoms with van der Waals surface area (Å²) >= 11 is 0. The average molecular weight is 244 g/mol.